The van der Waals surface area contributed by atoms with Crippen molar-refractivity contribution in [2.24, 2.45) is 99.1 Å². The Hall–Kier alpha value is 0. The SMILES string of the molecule is CC(C)C1C(C)CC2(C)C(C)C3(C)C(C)C4CCC(C5CCCCC5)C(C)C4C(C)C3C(C)C2(C)C1C. The lowest BCUT2D eigenvalue weighted by Gasteiger charge is -2.77. The third-order valence-corrected chi connectivity index (χ3v) is 16.7. The Bertz CT molecular complexity index is 820. The summed E-state index contributed by atoms with van der Waals surface area (Å²) < 4.78 is 0. The van der Waals surface area contributed by atoms with Crippen LogP contribution < -0.4 is 0 Å². The smallest absolute Gasteiger partial charge is 0.0212 e. The third-order valence-electron chi connectivity index (χ3n) is 16.7. The highest BCUT2D eigenvalue weighted by Gasteiger charge is 2.72. The Balaban J connectivity index is 1.55. The van der Waals surface area contributed by atoms with E-state index in [4.69, 9.17) is 0 Å². The predicted octanol–water partition coefficient (Wildman–Crippen LogP) is 11.0. The van der Waals surface area contributed by atoms with Gasteiger partial charge >= 0.3 is 0 Å². The van der Waals surface area contributed by atoms with Gasteiger partial charge in [-0.2, -0.15) is 0 Å². The first kappa shape index (κ1) is 28.5. The van der Waals surface area contributed by atoms with Gasteiger partial charge < -0.3 is 0 Å². The first-order chi connectivity index (χ1) is 17.2. The Kier molecular flexibility index (Phi) is 7.35. The molecule has 0 radical (unpaired) electrons. The molecule has 37 heavy (non-hydrogen) atoms. The lowest BCUT2D eigenvalue weighted by molar-refractivity contribution is -0.292. The van der Waals surface area contributed by atoms with Gasteiger partial charge in [0.15, 0.2) is 0 Å². The van der Waals surface area contributed by atoms with E-state index in [0.717, 1.165) is 82.9 Å². The van der Waals surface area contributed by atoms with Gasteiger partial charge in [-0.25, -0.2) is 0 Å². The molecule has 5 aliphatic rings. The summed E-state index contributed by atoms with van der Waals surface area (Å²) in [7, 11) is 0. The Labute approximate surface area is 233 Å². The molecule has 15 atom stereocenters. The van der Waals surface area contributed by atoms with E-state index in [1.807, 2.05) is 0 Å². The number of hydrogen-bond acceptors (Lipinski definition) is 0. The minimum Gasteiger partial charge on any atom is -0.0625 e. The fourth-order valence-electron chi connectivity index (χ4n) is 14.8. The van der Waals surface area contributed by atoms with E-state index >= 15 is 0 Å². The van der Waals surface area contributed by atoms with Gasteiger partial charge in [0.1, 0.15) is 0 Å². The van der Waals surface area contributed by atoms with Crippen LogP contribution in [0, 0.1) is 99.1 Å². The molecule has 0 bridgehead atoms. The maximum atomic E-state index is 2.82. The van der Waals surface area contributed by atoms with E-state index in [0.29, 0.717) is 16.2 Å². The molecular weight excluding hydrogens is 444 g/mol. The van der Waals surface area contributed by atoms with Crippen LogP contribution in [-0.2, 0) is 0 Å². The van der Waals surface area contributed by atoms with Crippen molar-refractivity contribution in [3.8, 4) is 0 Å². The van der Waals surface area contributed by atoms with Gasteiger partial charge in [0.05, 0.1) is 0 Å². The number of fused-ring (bicyclic) bond motifs is 3. The maximum Gasteiger partial charge on any atom is -0.0212 e. The molecule has 5 aliphatic carbocycles. The maximum absolute atomic E-state index is 2.82. The van der Waals surface area contributed by atoms with Crippen LogP contribution in [0.4, 0.5) is 0 Å². The minimum absolute atomic E-state index is 0.430. The molecule has 5 rings (SSSR count). The molecule has 0 heterocycles. The van der Waals surface area contributed by atoms with E-state index in [1.54, 1.807) is 0 Å². The number of hydrogen-bond donors (Lipinski definition) is 0. The summed E-state index contributed by atoms with van der Waals surface area (Å²) in [6.07, 6.45) is 12.1. The van der Waals surface area contributed by atoms with Crippen LogP contribution in [0.2, 0.25) is 0 Å². The van der Waals surface area contributed by atoms with Crippen molar-refractivity contribution in [2.45, 2.75) is 134 Å². The predicted molar refractivity (Wildman–Crippen MR) is 161 cm³/mol. The van der Waals surface area contributed by atoms with Gasteiger partial charge in [-0.1, -0.05) is 115 Å². The largest absolute Gasteiger partial charge is 0.0625 e. The van der Waals surface area contributed by atoms with E-state index in [1.165, 1.54) is 51.4 Å². The number of rotatable bonds is 2. The molecule has 214 valence electrons. The fourth-order valence-corrected chi connectivity index (χ4v) is 14.8. The van der Waals surface area contributed by atoms with E-state index < -0.39 is 0 Å². The van der Waals surface area contributed by atoms with Crippen molar-refractivity contribution in [1.29, 1.82) is 0 Å². The molecule has 0 aromatic carbocycles. The fraction of sp³-hybridized carbons (Fsp3) is 1.00. The van der Waals surface area contributed by atoms with E-state index in [-0.39, 0.29) is 0 Å². The van der Waals surface area contributed by atoms with Gasteiger partial charge in [0, 0.05) is 0 Å². The second kappa shape index (κ2) is 9.54. The molecule has 0 N–H and O–H groups in total. The van der Waals surface area contributed by atoms with Crippen LogP contribution in [0.25, 0.3) is 0 Å². The van der Waals surface area contributed by atoms with Gasteiger partial charge in [0.25, 0.3) is 0 Å². The Morgan fingerprint density at radius 1 is 0.649 bits per heavy atom. The molecule has 15 unspecified atom stereocenters. The Morgan fingerprint density at radius 2 is 1.24 bits per heavy atom. The average molecular weight is 511 g/mol. The highest BCUT2D eigenvalue weighted by atomic mass is 14.8. The summed E-state index contributed by atoms with van der Waals surface area (Å²) in [5.41, 5.74) is 1.34. The van der Waals surface area contributed by atoms with Crippen LogP contribution in [0.15, 0.2) is 0 Å². The molecular formula is C37H66. The molecule has 5 fully saturated rings. The highest BCUT2D eigenvalue weighted by molar-refractivity contribution is 5.20. The lowest BCUT2D eigenvalue weighted by Crippen LogP contribution is -2.72. The quantitative estimate of drug-likeness (QED) is 0.346. The van der Waals surface area contributed by atoms with Crippen molar-refractivity contribution >= 4 is 0 Å². The normalized spacial score (nSPS) is 58.9. The molecule has 0 aliphatic heterocycles. The van der Waals surface area contributed by atoms with Gasteiger partial charge in [-0.3, -0.25) is 0 Å². The summed E-state index contributed by atoms with van der Waals surface area (Å²) >= 11 is 0. The van der Waals surface area contributed by atoms with Crippen LogP contribution in [-0.4, -0.2) is 0 Å². The van der Waals surface area contributed by atoms with Gasteiger partial charge in [-0.05, 0) is 118 Å². The summed E-state index contributed by atoms with van der Waals surface area (Å²) in [6.45, 7) is 32.6. The molecule has 0 aromatic heterocycles. The van der Waals surface area contributed by atoms with Crippen molar-refractivity contribution in [3.05, 3.63) is 0 Å². The molecule has 0 saturated heterocycles. The topological polar surface area (TPSA) is 0 Å². The van der Waals surface area contributed by atoms with Crippen molar-refractivity contribution in [3.63, 3.8) is 0 Å². The summed E-state index contributed by atoms with van der Waals surface area (Å²) in [4.78, 5) is 0. The second-order valence-corrected chi connectivity index (χ2v) is 17.3. The lowest BCUT2D eigenvalue weighted by atomic mass is 9.28. The molecule has 0 heteroatoms. The standard InChI is InChI=1S/C37H66/c1-21(2)32-22(3)20-35(10)28(9)36(11)25(6)31-19-18-30(29-16-14-13-15-17-29)23(4)33(31)24(5)34(36)27(8)37(35,12)26(32)7/h21-34H,13-20H2,1-12H3. The van der Waals surface area contributed by atoms with Crippen molar-refractivity contribution in [2.75, 3.05) is 0 Å². The third kappa shape index (κ3) is 3.63. The average Bonchev–Trinajstić information content (AvgIpc) is 2.84. The van der Waals surface area contributed by atoms with E-state index in [9.17, 15) is 0 Å². The zero-order valence-corrected chi connectivity index (χ0v) is 27.2. The summed E-state index contributed by atoms with van der Waals surface area (Å²) in [5.74, 6) is 12.4. The summed E-state index contributed by atoms with van der Waals surface area (Å²) in [5, 5.41) is 0. The van der Waals surface area contributed by atoms with Crippen LogP contribution in [0.1, 0.15) is 134 Å². The highest BCUT2D eigenvalue weighted by Crippen LogP contribution is 2.78. The first-order valence-electron chi connectivity index (χ1n) is 17.2. The molecule has 5 saturated carbocycles. The van der Waals surface area contributed by atoms with Crippen molar-refractivity contribution < 1.29 is 0 Å². The zero-order valence-electron chi connectivity index (χ0n) is 27.2. The van der Waals surface area contributed by atoms with Gasteiger partial charge in [-0.15, -0.1) is 0 Å². The van der Waals surface area contributed by atoms with Gasteiger partial charge in [0.2, 0.25) is 0 Å². The second-order valence-electron chi connectivity index (χ2n) is 17.3. The first-order valence-corrected chi connectivity index (χ1v) is 17.2. The van der Waals surface area contributed by atoms with E-state index in [2.05, 4.69) is 83.1 Å². The van der Waals surface area contributed by atoms with Crippen LogP contribution in [0.3, 0.4) is 0 Å². The molecule has 0 spiro atoms. The molecule has 0 amide bonds. The Morgan fingerprint density at radius 3 is 1.84 bits per heavy atom. The summed E-state index contributed by atoms with van der Waals surface area (Å²) in [6, 6.07) is 0. The molecule has 0 nitrogen and oxygen atoms in total. The molecule has 0 aromatic rings. The van der Waals surface area contributed by atoms with Crippen LogP contribution in [0.5, 0.6) is 0 Å². The van der Waals surface area contributed by atoms with Crippen LogP contribution >= 0.6 is 0 Å². The minimum atomic E-state index is 0.430. The monoisotopic (exact) mass is 511 g/mol. The zero-order chi connectivity index (χ0) is 27.2. The van der Waals surface area contributed by atoms with Crippen molar-refractivity contribution in [1.82, 2.24) is 0 Å².